The Balaban J connectivity index is 2.19. The minimum atomic E-state index is -2.90. The summed E-state index contributed by atoms with van der Waals surface area (Å²) in [5.41, 5.74) is -0.551. The Kier molecular flexibility index (Phi) is 8.18. The third kappa shape index (κ3) is 5.65. The molecule has 0 saturated heterocycles. The average molecular weight is 505 g/mol. The summed E-state index contributed by atoms with van der Waals surface area (Å²) in [6, 6.07) is 32.6. The molecule has 0 saturated carbocycles. The van der Waals surface area contributed by atoms with E-state index in [0.717, 1.165) is 15.9 Å². The van der Waals surface area contributed by atoms with E-state index < -0.39 is 29.6 Å². The Morgan fingerprint density at radius 2 is 1.23 bits per heavy atom. The van der Waals surface area contributed by atoms with Gasteiger partial charge < -0.3 is 4.43 Å². The highest BCUT2D eigenvalue weighted by Gasteiger charge is 2.52. The van der Waals surface area contributed by atoms with Gasteiger partial charge in [0.05, 0.1) is 28.4 Å². The van der Waals surface area contributed by atoms with E-state index in [4.69, 9.17) is 4.43 Å². The summed E-state index contributed by atoms with van der Waals surface area (Å²) in [7, 11) is -4.38. The summed E-state index contributed by atoms with van der Waals surface area (Å²) in [6.07, 6.45) is 0. The molecule has 1 N–H and O–H groups in total. The smallest absolute Gasteiger partial charge is 0.261 e. The van der Waals surface area contributed by atoms with Crippen LogP contribution >= 0.6 is 0 Å². The van der Waals surface area contributed by atoms with E-state index in [2.05, 4.69) is 55.8 Å². The quantitative estimate of drug-likeness (QED) is 0.438. The second-order valence-electron chi connectivity index (χ2n) is 10.8. The first kappa shape index (κ1) is 27.0. The Bertz CT molecular complexity index is 1130. The number of nitrogens with one attached hydrogen (secondary N) is 1. The van der Waals surface area contributed by atoms with Crippen LogP contribution in [0, 0.1) is 11.3 Å². The van der Waals surface area contributed by atoms with Gasteiger partial charge in [0.1, 0.15) is 0 Å². The Morgan fingerprint density at radius 1 is 0.800 bits per heavy atom. The van der Waals surface area contributed by atoms with E-state index in [0.29, 0.717) is 0 Å². The van der Waals surface area contributed by atoms with Gasteiger partial charge in [0, 0.05) is 0 Å². The normalized spacial score (nSPS) is 15.1. The fourth-order valence-electron chi connectivity index (χ4n) is 4.30. The van der Waals surface area contributed by atoms with Crippen molar-refractivity contribution < 1.29 is 8.63 Å². The van der Waals surface area contributed by atoms with E-state index in [9.17, 15) is 9.47 Å². The van der Waals surface area contributed by atoms with Crippen molar-refractivity contribution in [2.45, 2.75) is 56.9 Å². The van der Waals surface area contributed by atoms with Gasteiger partial charge in [-0.15, -0.1) is 0 Å². The molecule has 3 rings (SSSR count). The highest BCUT2D eigenvalue weighted by atomic mass is 32.2. The molecule has 0 heterocycles. The summed E-state index contributed by atoms with van der Waals surface area (Å²) >= 11 is 0. The highest BCUT2D eigenvalue weighted by Crippen LogP contribution is 2.38. The molecule has 0 spiro atoms. The zero-order chi connectivity index (χ0) is 25.7. The van der Waals surface area contributed by atoms with Gasteiger partial charge in [-0.25, -0.2) is 8.93 Å². The van der Waals surface area contributed by atoms with Crippen LogP contribution in [-0.4, -0.2) is 23.9 Å². The predicted molar refractivity (Wildman–Crippen MR) is 148 cm³/mol. The summed E-state index contributed by atoms with van der Waals surface area (Å²) in [5.74, 6) is 0. The molecule has 0 aliphatic heterocycles. The molecule has 0 radical (unpaired) electrons. The molecule has 0 aromatic heterocycles. The number of hydrogen-bond donors (Lipinski definition) is 1. The van der Waals surface area contributed by atoms with Crippen LogP contribution in [0.15, 0.2) is 91.0 Å². The van der Waals surface area contributed by atoms with Gasteiger partial charge in [0.2, 0.25) is 0 Å². The maximum atomic E-state index is 13.3. The van der Waals surface area contributed by atoms with Crippen LogP contribution in [0.1, 0.15) is 47.1 Å². The predicted octanol–water partition coefficient (Wildman–Crippen LogP) is 5.03. The number of nitrogens with zero attached hydrogens (tertiary/aromatic N) is 1. The lowest BCUT2D eigenvalue weighted by Crippen LogP contribution is -2.68. The van der Waals surface area contributed by atoms with Crippen molar-refractivity contribution in [1.82, 2.24) is 4.72 Å². The van der Waals surface area contributed by atoms with Crippen molar-refractivity contribution in [1.29, 1.82) is 5.26 Å². The van der Waals surface area contributed by atoms with Gasteiger partial charge >= 0.3 is 0 Å². The van der Waals surface area contributed by atoms with E-state index in [1.807, 2.05) is 87.5 Å². The fourth-order valence-corrected chi connectivity index (χ4v) is 9.74. The van der Waals surface area contributed by atoms with Gasteiger partial charge in [-0.05, 0) is 41.7 Å². The zero-order valence-electron chi connectivity index (χ0n) is 21.5. The third-order valence-electron chi connectivity index (χ3n) is 6.20. The fraction of sp³-hybridized carbons (Fsp3) is 0.345. The first-order valence-corrected chi connectivity index (χ1v) is 14.9. The van der Waals surface area contributed by atoms with Crippen molar-refractivity contribution >= 4 is 29.7 Å². The molecule has 0 aliphatic rings. The molecule has 0 unspecified atom stereocenters. The lowest BCUT2D eigenvalue weighted by atomic mass is 9.94. The molecule has 3 aromatic carbocycles. The van der Waals surface area contributed by atoms with Crippen LogP contribution < -0.4 is 15.1 Å². The molecule has 0 bridgehead atoms. The van der Waals surface area contributed by atoms with Gasteiger partial charge in [0.15, 0.2) is 5.54 Å². The molecule has 2 atom stereocenters. The number of benzene rings is 3. The van der Waals surface area contributed by atoms with Crippen LogP contribution in [0.25, 0.3) is 0 Å². The van der Waals surface area contributed by atoms with Crippen molar-refractivity contribution in [2.75, 3.05) is 6.61 Å². The van der Waals surface area contributed by atoms with Crippen LogP contribution in [0.5, 0.6) is 0 Å². The largest absolute Gasteiger partial charge is 0.404 e. The molecule has 35 heavy (non-hydrogen) atoms. The van der Waals surface area contributed by atoms with Crippen molar-refractivity contribution in [3.05, 3.63) is 96.6 Å². The highest BCUT2D eigenvalue weighted by molar-refractivity contribution is 7.84. The van der Waals surface area contributed by atoms with Crippen molar-refractivity contribution in [2.24, 2.45) is 0 Å². The SMILES string of the molecule is CC(C)(C)[S@@](=O)N[C@@](C#N)(CO[Si](c1ccccc1)(c1ccccc1)C(C)(C)C)c1ccccc1. The van der Waals surface area contributed by atoms with E-state index in [1.165, 1.54) is 0 Å². The molecule has 3 aromatic rings. The second kappa shape index (κ2) is 10.6. The second-order valence-corrected chi connectivity index (χ2v) is 17.1. The molecule has 0 fully saturated rings. The summed E-state index contributed by atoms with van der Waals surface area (Å²) in [5, 5.41) is 12.6. The molecule has 184 valence electrons. The van der Waals surface area contributed by atoms with E-state index in [-0.39, 0.29) is 11.6 Å². The van der Waals surface area contributed by atoms with Crippen molar-refractivity contribution in [3.63, 3.8) is 0 Å². The van der Waals surface area contributed by atoms with Gasteiger partial charge in [-0.3, -0.25) is 0 Å². The lowest BCUT2D eigenvalue weighted by Gasteiger charge is -2.45. The Hall–Kier alpha value is -2.56. The monoisotopic (exact) mass is 504 g/mol. The molecule has 0 amide bonds. The Morgan fingerprint density at radius 3 is 1.60 bits per heavy atom. The summed E-state index contributed by atoms with van der Waals surface area (Å²) in [4.78, 5) is 0. The zero-order valence-corrected chi connectivity index (χ0v) is 23.4. The minimum absolute atomic E-state index is 0.0581. The number of nitriles is 1. The Labute approximate surface area is 214 Å². The number of hydrogen-bond acceptors (Lipinski definition) is 3. The van der Waals surface area contributed by atoms with Crippen molar-refractivity contribution in [3.8, 4) is 6.07 Å². The average Bonchev–Trinajstić information content (AvgIpc) is 2.84. The molecule has 4 nitrogen and oxygen atoms in total. The maximum Gasteiger partial charge on any atom is 0.261 e. The van der Waals surface area contributed by atoms with Gasteiger partial charge in [-0.2, -0.15) is 5.26 Å². The van der Waals surface area contributed by atoms with Crippen LogP contribution in [-0.2, 0) is 21.0 Å². The van der Waals surface area contributed by atoms with E-state index in [1.54, 1.807) is 0 Å². The molecular formula is C29H36N2O2SSi. The van der Waals surface area contributed by atoms with Crippen LogP contribution in [0.4, 0.5) is 0 Å². The number of rotatable bonds is 8. The first-order chi connectivity index (χ1) is 16.5. The van der Waals surface area contributed by atoms with Gasteiger partial charge in [0.25, 0.3) is 8.32 Å². The summed E-state index contributed by atoms with van der Waals surface area (Å²) < 4.78 is 23.0. The minimum Gasteiger partial charge on any atom is -0.404 e. The van der Waals surface area contributed by atoms with Gasteiger partial charge in [-0.1, -0.05) is 112 Å². The summed E-state index contributed by atoms with van der Waals surface area (Å²) in [6.45, 7) is 12.4. The standard InChI is InChI=1S/C29H36N2O2SSi/c1-27(2,3)34(32)31-29(22-30,24-16-10-7-11-17-24)23-33-35(28(4,5)6,25-18-12-8-13-19-25)26-20-14-9-15-21-26/h7-21,31H,23H2,1-6H3/t29-,34+/m0/s1. The van der Waals surface area contributed by atoms with E-state index >= 15 is 0 Å². The third-order valence-corrected chi connectivity index (χ3v) is 12.8. The lowest BCUT2D eigenvalue weighted by molar-refractivity contribution is 0.230. The topological polar surface area (TPSA) is 62.1 Å². The van der Waals surface area contributed by atoms with Crippen LogP contribution in [0.2, 0.25) is 5.04 Å². The molecular weight excluding hydrogens is 468 g/mol. The first-order valence-electron chi connectivity index (χ1n) is 11.9. The molecule has 6 heteroatoms. The molecule has 0 aliphatic carbocycles. The van der Waals surface area contributed by atoms with Crippen LogP contribution in [0.3, 0.4) is 0 Å². The maximum absolute atomic E-state index is 13.3.